The van der Waals surface area contributed by atoms with Gasteiger partial charge in [-0.05, 0) is 13.0 Å². The van der Waals surface area contributed by atoms with Gasteiger partial charge in [0.1, 0.15) is 0 Å². The van der Waals surface area contributed by atoms with Crippen molar-refractivity contribution in [2.24, 2.45) is 5.92 Å². The van der Waals surface area contributed by atoms with E-state index in [9.17, 15) is 9.59 Å². The third kappa shape index (κ3) is 3.69. The lowest BCUT2D eigenvalue weighted by molar-refractivity contribution is -0.136. The highest BCUT2D eigenvalue weighted by molar-refractivity contribution is 5.89. The fraction of sp³-hybridized carbons (Fsp3) is 0.429. The SMILES string of the molecule is CCN1C[C@@H](C(=O)N2CCN(c3nccc(-c4ccccc4)n3)CC2)CC1=O. The summed E-state index contributed by atoms with van der Waals surface area (Å²) in [5, 5.41) is 0. The van der Waals surface area contributed by atoms with Crippen LogP contribution in [-0.4, -0.2) is 70.9 Å². The molecule has 0 unspecified atom stereocenters. The van der Waals surface area contributed by atoms with Crippen LogP contribution in [0.5, 0.6) is 0 Å². The number of piperazine rings is 1. The normalized spacial score (nSPS) is 20.0. The second-order valence-corrected chi connectivity index (χ2v) is 7.25. The predicted molar refractivity (Wildman–Crippen MR) is 107 cm³/mol. The molecule has 1 aromatic heterocycles. The van der Waals surface area contributed by atoms with Crippen molar-refractivity contribution >= 4 is 17.8 Å². The van der Waals surface area contributed by atoms with E-state index in [1.165, 1.54) is 0 Å². The summed E-state index contributed by atoms with van der Waals surface area (Å²) < 4.78 is 0. The Labute approximate surface area is 165 Å². The largest absolute Gasteiger partial charge is 0.342 e. The number of hydrogen-bond donors (Lipinski definition) is 0. The number of anilines is 1. The first kappa shape index (κ1) is 18.4. The molecule has 7 heteroatoms. The molecule has 2 aliphatic rings. The Morgan fingerprint density at radius 3 is 2.54 bits per heavy atom. The molecule has 0 aliphatic carbocycles. The first-order valence-corrected chi connectivity index (χ1v) is 9.85. The summed E-state index contributed by atoms with van der Waals surface area (Å²) in [5.41, 5.74) is 1.96. The molecule has 0 spiro atoms. The minimum Gasteiger partial charge on any atom is -0.342 e. The first-order valence-electron chi connectivity index (χ1n) is 9.85. The molecule has 0 bridgehead atoms. The van der Waals surface area contributed by atoms with E-state index in [1.54, 1.807) is 11.1 Å². The van der Waals surface area contributed by atoms with Crippen LogP contribution in [0.2, 0.25) is 0 Å². The number of carbonyl (C=O) groups excluding carboxylic acids is 2. The summed E-state index contributed by atoms with van der Waals surface area (Å²) in [6, 6.07) is 12.0. The van der Waals surface area contributed by atoms with E-state index in [1.807, 2.05) is 48.2 Å². The maximum Gasteiger partial charge on any atom is 0.228 e. The van der Waals surface area contributed by atoms with Crippen molar-refractivity contribution in [1.82, 2.24) is 19.8 Å². The molecule has 3 heterocycles. The summed E-state index contributed by atoms with van der Waals surface area (Å²) in [4.78, 5) is 39.6. The van der Waals surface area contributed by atoms with Crippen molar-refractivity contribution in [3.05, 3.63) is 42.6 Å². The van der Waals surface area contributed by atoms with E-state index in [0.29, 0.717) is 51.6 Å². The Bertz CT molecular complexity index is 849. The topological polar surface area (TPSA) is 69.6 Å². The summed E-state index contributed by atoms with van der Waals surface area (Å²) in [6.07, 6.45) is 2.13. The standard InChI is InChI=1S/C21H25N5O2/c1-2-24-15-17(14-19(24)27)20(28)25-10-12-26(13-11-25)21-22-9-8-18(23-21)16-6-4-3-5-7-16/h3-9,17H,2,10-15H2,1H3/t17-/m0/s1. The van der Waals surface area contributed by atoms with E-state index in [2.05, 4.69) is 9.88 Å². The molecule has 0 radical (unpaired) electrons. The first-order chi connectivity index (χ1) is 13.7. The monoisotopic (exact) mass is 379 g/mol. The number of nitrogens with zero attached hydrogens (tertiary/aromatic N) is 5. The quantitative estimate of drug-likeness (QED) is 0.808. The van der Waals surface area contributed by atoms with E-state index >= 15 is 0 Å². The van der Waals surface area contributed by atoms with Crippen molar-refractivity contribution in [3.8, 4) is 11.3 Å². The third-order valence-electron chi connectivity index (χ3n) is 5.53. The van der Waals surface area contributed by atoms with Gasteiger partial charge in [0.05, 0.1) is 11.6 Å². The van der Waals surface area contributed by atoms with E-state index in [4.69, 9.17) is 4.98 Å². The van der Waals surface area contributed by atoms with Crippen LogP contribution < -0.4 is 4.90 Å². The lowest BCUT2D eigenvalue weighted by Gasteiger charge is -2.36. The molecule has 2 amide bonds. The van der Waals surface area contributed by atoms with Gasteiger partial charge >= 0.3 is 0 Å². The van der Waals surface area contributed by atoms with Gasteiger partial charge in [-0.15, -0.1) is 0 Å². The highest BCUT2D eigenvalue weighted by atomic mass is 16.2. The highest BCUT2D eigenvalue weighted by Crippen LogP contribution is 2.22. The van der Waals surface area contributed by atoms with Crippen molar-refractivity contribution in [1.29, 1.82) is 0 Å². The zero-order valence-corrected chi connectivity index (χ0v) is 16.1. The highest BCUT2D eigenvalue weighted by Gasteiger charge is 2.36. The predicted octanol–water partition coefficient (Wildman–Crippen LogP) is 1.66. The number of benzene rings is 1. The van der Waals surface area contributed by atoms with Gasteiger partial charge in [-0.25, -0.2) is 9.97 Å². The molecule has 146 valence electrons. The van der Waals surface area contributed by atoms with Gasteiger partial charge in [-0.3, -0.25) is 9.59 Å². The van der Waals surface area contributed by atoms with Crippen molar-refractivity contribution in [3.63, 3.8) is 0 Å². The van der Waals surface area contributed by atoms with E-state index < -0.39 is 0 Å². The zero-order chi connectivity index (χ0) is 19.5. The van der Waals surface area contributed by atoms with Gasteiger partial charge < -0.3 is 14.7 Å². The second-order valence-electron chi connectivity index (χ2n) is 7.25. The van der Waals surface area contributed by atoms with Gasteiger partial charge in [0.15, 0.2) is 0 Å². The third-order valence-corrected chi connectivity index (χ3v) is 5.53. The van der Waals surface area contributed by atoms with Crippen LogP contribution in [0.4, 0.5) is 5.95 Å². The zero-order valence-electron chi connectivity index (χ0n) is 16.1. The molecular formula is C21H25N5O2. The number of carbonyl (C=O) groups is 2. The molecule has 2 saturated heterocycles. The van der Waals surface area contributed by atoms with Gasteiger partial charge in [0, 0.05) is 57.4 Å². The molecule has 7 nitrogen and oxygen atoms in total. The molecule has 28 heavy (non-hydrogen) atoms. The molecule has 2 aromatic rings. The molecule has 4 rings (SSSR count). The maximum atomic E-state index is 12.8. The Hall–Kier alpha value is -2.96. The average molecular weight is 379 g/mol. The van der Waals surface area contributed by atoms with Crippen molar-refractivity contribution in [2.75, 3.05) is 44.2 Å². The number of likely N-dealkylation sites (tertiary alicyclic amines) is 1. The van der Waals surface area contributed by atoms with Crippen LogP contribution in [-0.2, 0) is 9.59 Å². The van der Waals surface area contributed by atoms with Gasteiger partial charge in [-0.2, -0.15) is 0 Å². The molecular weight excluding hydrogens is 354 g/mol. The number of rotatable bonds is 4. The van der Waals surface area contributed by atoms with Crippen LogP contribution in [0, 0.1) is 5.92 Å². The average Bonchev–Trinajstić information content (AvgIpc) is 3.15. The number of aromatic nitrogens is 2. The maximum absolute atomic E-state index is 12.8. The summed E-state index contributed by atoms with van der Waals surface area (Å²) in [5.74, 6) is 0.687. The number of hydrogen-bond acceptors (Lipinski definition) is 5. The lowest BCUT2D eigenvalue weighted by Crippen LogP contribution is -2.51. The minimum atomic E-state index is -0.198. The molecule has 2 fully saturated rings. The second kappa shape index (κ2) is 7.96. The van der Waals surface area contributed by atoms with Crippen LogP contribution in [0.15, 0.2) is 42.6 Å². The van der Waals surface area contributed by atoms with Crippen molar-refractivity contribution < 1.29 is 9.59 Å². The van der Waals surface area contributed by atoms with Gasteiger partial charge in [0.2, 0.25) is 17.8 Å². The van der Waals surface area contributed by atoms with Crippen LogP contribution in [0.1, 0.15) is 13.3 Å². The van der Waals surface area contributed by atoms with Crippen LogP contribution in [0.25, 0.3) is 11.3 Å². The Kier molecular flexibility index (Phi) is 5.23. The molecule has 2 aliphatic heterocycles. The van der Waals surface area contributed by atoms with E-state index in [0.717, 1.165) is 11.3 Å². The molecule has 0 saturated carbocycles. The molecule has 0 N–H and O–H groups in total. The smallest absolute Gasteiger partial charge is 0.228 e. The Morgan fingerprint density at radius 1 is 1.11 bits per heavy atom. The van der Waals surface area contributed by atoms with Gasteiger partial charge in [0.25, 0.3) is 0 Å². The lowest BCUT2D eigenvalue weighted by atomic mass is 10.1. The summed E-state index contributed by atoms with van der Waals surface area (Å²) in [6.45, 7) is 5.84. The van der Waals surface area contributed by atoms with E-state index in [-0.39, 0.29) is 17.7 Å². The number of amides is 2. The van der Waals surface area contributed by atoms with Crippen LogP contribution in [0.3, 0.4) is 0 Å². The Balaban J connectivity index is 1.38. The van der Waals surface area contributed by atoms with Gasteiger partial charge in [-0.1, -0.05) is 30.3 Å². The molecule has 1 atom stereocenters. The Morgan fingerprint density at radius 2 is 1.86 bits per heavy atom. The minimum absolute atomic E-state index is 0.0885. The fourth-order valence-corrected chi connectivity index (χ4v) is 3.90. The van der Waals surface area contributed by atoms with Crippen molar-refractivity contribution in [2.45, 2.75) is 13.3 Å². The molecule has 1 aromatic carbocycles. The van der Waals surface area contributed by atoms with Crippen LogP contribution >= 0.6 is 0 Å². The fourth-order valence-electron chi connectivity index (χ4n) is 3.90. The summed E-state index contributed by atoms with van der Waals surface area (Å²) in [7, 11) is 0. The summed E-state index contributed by atoms with van der Waals surface area (Å²) >= 11 is 0.